The average Bonchev–Trinajstić information content (AvgIpc) is 2.10. The van der Waals surface area contributed by atoms with E-state index in [4.69, 9.17) is 0 Å². The molecule has 0 fully saturated rings. The van der Waals surface area contributed by atoms with Gasteiger partial charge in [-0.15, -0.1) is 0 Å². The van der Waals surface area contributed by atoms with Gasteiger partial charge in [0.2, 0.25) is 0 Å². The molecule has 0 aliphatic heterocycles. The molecule has 0 N–H and O–H groups in total. The molecule has 1 radical (unpaired) electrons. The van der Waals surface area contributed by atoms with Crippen LogP contribution in [0.3, 0.4) is 0 Å². The number of hydrogen-bond donors (Lipinski definition) is 0. The molecule has 2 heteroatoms. The third-order valence-corrected chi connectivity index (χ3v) is 11.9. The van der Waals surface area contributed by atoms with E-state index < -0.39 is 8.07 Å². The van der Waals surface area contributed by atoms with E-state index in [1.165, 1.54) is 6.04 Å². The Hall–Kier alpha value is 0.177. The first kappa shape index (κ1) is 15.2. The molecule has 0 aliphatic rings. The average molecular weight is 229 g/mol. The highest BCUT2D eigenvalue weighted by molar-refractivity contribution is 6.83. The van der Waals surface area contributed by atoms with Crippen molar-refractivity contribution in [3.05, 3.63) is 0 Å². The van der Waals surface area contributed by atoms with Crippen LogP contribution < -0.4 is 0 Å². The first-order valence-corrected chi connectivity index (χ1v) is 8.91. The van der Waals surface area contributed by atoms with E-state index in [0.29, 0.717) is 0 Å². The van der Waals surface area contributed by atoms with Crippen molar-refractivity contribution in [1.29, 1.82) is 0 Å². The molecule has 0 unspecified atom stereocenters. The summed E-state index contributed by atoms with van der Waals surface area (Å²) in [6.07, 6.45) is 2.03. The van der Waals surface area contributed by atoms with Gasteiger partial charge in [0.1, 0.15) is 0 Å². The molecule has 0 atom stereocenters. The molecular weight excluding hydrogens is 200 g/mol. The highest BCUT2D eigenvalue weighted by Crippen LogP contribution is 2.45. The van der Waals surface area contributed by atoms with E-state index in [0.717, 1.165) is 29.5 Å². The summed E-state index contributed by atoms with van der Waals surface area (Å²) in [4.78, 5) is 0. The predicted molar refractivity (Wildman–Crippen MR) is 70.6 cm³/mol. The van der Waals surface area contributed by atoms with Crippen LogP contribution >= 0.6 is 0 Å². The van der Waals surface area contributed by atoms with Crippen LogP contribution in [0.25, 0.3) is 0 Å². The quantitative estimate of drug-likeness (QED) is 0.438. The van der Waals surface area contributed by atoms with E-state index in [1.807, 2.05) is 0 Å². The number of hydrogen-bond acceptors (Lipinski definition) is 0. The third-order valence-electron chi connectivity index (χ3n) is 4.23. The third kappa shape index (κ3) is 3.60. The van der Waals surface area contributed by atoms with Crippen molar-refractivity contribution in [3.63, 3.8) is 0 Å². The van der Waals surface area contributed by atoms with Gasteiger partial charge in [-0.3, -0.25) is 0 Å². The van der Waals surface area contributed by atoms with Crippen molar-refractivity contribution in [2.24, 2.45) is 0 Å². The van der Waals surface area contributed by atoms with E-state index in [9.17, 15) is 5.11 Å². The zero-order valence-corrected chi connectivity index (χ0v) is 12.5. The summed E-state index contributed by atoms with van der Waals surface area (Å²) in [5, 5.41) is 10.5. The molecule has 0 aromatic heterocycles. The Morgan fingerprint density at radius 3 is 1.47 bits per heavy atom. The largest absolute Gasteiger partial charge is 0.237 e. The lowest BCUT2D eigenvalue weighted by Gasteiger charge is -2.43. The van der Waals surface area contributed by atoms with Crippen LogP contribution in [0.1, 0.15) is 54.4 Å². The van der Waals surface area contributed by atoms with Gasteiger partial charge in [-0.1, -0.05) is 70.6 Å². The highest BCUT2D eigenvalue weighted by Gasteiger charge is 2.41. The molecule has 0 rings (SSSR count). The Kier molecular flexibility index (Phi) is 6.77. The first-order valence-electron chi connectivity index (χ1n) is 6.47. The fraction of sp³-hybridized carbons (Fsp3) is 1.00. The summed E-state index contributed by atoms with van der Waals surface area (Å²) in [5.74, 6) is 0. The van der Waals surface area contributed by atoms with Gasteiger partial charge in [0, 0.05) is 0 Å². The van der Waals surface area contributed by atoms with Gasteiger partial charge in [0.25, 0.3) is 0 Å². The van der Waals surface area contributed by atoms with Crippen molar-refractivity contribution < 1.29 is 5.11 Å². The van der Waals surface area contributed by atoms with Gasteiger partial charge in [-0.2, -0.15) is 0 Å². The fourth-order valence-electron chi connectivity index (χ4n) is 3.40. The zero-order chi connectivity index (χ0) is 12.1. The van der Waals surface area contributed by atoms with Crippen LogP contribution in [-0.4, -0.2) is 14.7 Å². The van der Waals surface area contributed by atoms with Crippen molar-refractivity contribution in [3.8, 4) is 0 Å². The van der Waals surface area contributed by atoms with Gasteiger partial charge >= 0.3 is 0 Å². The van der Waals surface area contributed by atoms with E-state index in [1.54, 1.807) is 0 Å². The lowest BCUT2D eigenvalue weighted by atomic mass is 10.4. The first-order chi connectivity index (χ1) is 6.89. The van der Waals surface area contributed by atoms with Crippen LogP contribution in [0.4, 0.5) is 0 Å². The van der Waals surface area contributed by atoms with Gasteiger partial charge in [-0.25, -0.2) is 5.11 Å². The molecule has 0 bridgehead atoms. The second kappa shape index (κ2) is 6.69. The summed E-state index contributed by atoms with van der Waals surface area (Å²) in [6.45, 7) is 14.5. The zero-order valence-electron chi connectivity index (χ0n) is 11.5. The van der Waals surface area contributed by atoms with Crippen LogP contribution in [0.15, 0.2) is 0 Å². The second-order valence-corrected chi connectivity index (χ2v) is 11.9. The molecule has 0 amide bonds. The molecule has 0 saturated carbocycles. The molecular formula is C13H29OSi. The summed E-state index contributed by atoms with van der Waals surface area (Å²) >= 11 is 0. The van der Waals surface area contributed by atoms with Crippen molar-refractivity contribution in [2.75, 3.05) is 6.61 Å². The van der Waals surface area contributed by atoms with Crippen LogP contribution in [0.5, 0.6) is 0 Å². The SMILES string of the molecule is CC(C)[Si](CCCC[O])(C(C)C)C(C)C. The molecule has 0 aromatic carbocycles. The van der Waals surface area contributed by atoms with Gasteiger partial charge < -0.3 is 0 Å². The Morgan fingerprint density at radius 2 is 1.20 bits per heavy atom. The van der Waals surface area contributed by atoms with Crippen molar-refractivity contribution >= 4 is 8.07 Å². The molecule has 0 saturated heterocycles. The maximum absolute atomic E-state index is 10.5. The molecule has 0 spiro atoms. The predicted octanol–water partition coefficient (Wildman–Crippen LogP) is 4.88. The Balaban J connectivity index is 4.65. The van der Waals surface area contributed by atoms with Crippen LogP contribution in [-0.2, 0) is 5.11 Å². The molecule has 91 valence electrons. The maximum atomic E-state index is 10.5. The monoisotopic (exact) mass is 229 g/mol. The molecule has 0 aliphatic carbocycles. The van der Waals surface area contributed by atoms with Gasteiger partial charge in [0.05, 0.1) is 14.7 Å². The second-order valence-electron chi connectivity index (χ2n) is 5.74. The fourth-order valence-corrected chi connectivity index (χ4v) is 9.99. The molecule has 1 nitrogen and oxygen atoms in total. The smallest absolute Gasteiger partial charge is 0.0822 e. The number of rotatable bonds is 7. The molecule has 15 heavy (non-hydrogen) atoms. The van der Waals surface area contributed by atoms with Crippen molar-refractivity contribution in [1.82, 2.24) is 0 Å². The molecule has 0 aromatic rings. The minimum absolute atomic E-state index is 0.110. The van der Waals surface area contributed by atoms with Crippen LogP contribution in [0, 0.1) is 0 Å². The van der Waals surface area contributed by atoms with Crippen molar-refractivity contribution in [2.45, 2.75) is 77.1 Å². The highest BCUT2D eigenvalue weighted by atomic mass is 28.3. The van der Waals surface area contributed by atoms with E-state index in [-0.39, 0.29) is 6.61 Å². The standard InChI is InChI=1S/C13H29OSi/c1-11(2)15(12(3)4,13(5)6)10-8-7-9-14/h11-13H,7-10H2,1-6H3. The van der Waals surface area contributed by atoms with E-state index >= 15 is 0 Å². The molecule has 0 heterocycles. The topological polar surface area (TPSA) is 19.9 Å². The minimum atomic E-state index is -1.20. The Labute approximate surface area is 97.3 Å². The summed E-state index contributed by atoms with van der Waals surface area (Å²) < 4.78 is 0. The van der Waals surface area contributed by atoms with E-state index in [2.05, 4.69) is 41.5 Å². The van der Waals surface area contributed by atoms with Gasteiger partial charge in [-0.05, 0) is 6.42 Å². The number of unbranched alkanes of at least 4 members (excludes halogenated alkanes) is 1. The Morgan fingerprint density at radius 1 is 0.800 bits per heavy atom. The Bertz CT molecular complexity index is 142. The summed E-state index contributed by atoms with van der Waals surface area (Å²) in [7, 11) is -1.20. The maximum Gasteiger partial charge on any atom is 0.0822 e. The normalized spacial score (nSPS) is 13.2. The minimum Gasteiger partial charge on any atom is -0.237 e. The lowest BCUT2D eigenvalue weighted by Crippen LogP contribution is -2.44. The van der Waals surface area contributed by atoms with Crippen LogP contribution in [0.2, 0.25) is 22.7 Å². The van der Waals surface area contributed by atoms with Gasteiger partial charge in [0.15, 0.2) is 0 Å². The summed E-state index contributed by atoms with van der Waals surface area (Å²) in [5.41, 5.74) is 2.51. The lowest BCUT2D eigenvalue weighted by molar-refractivity contribution is 0.188. The summed E-state index contributed by atoms with van der Waals surface area (Å²) in [6, 6.07) is 1.35.